The van der Waals surface area contributed by atoms with Crippen LogP contribution in [0.1, 0.15) is 30.6 Å². The number of hydrogen-bond donors (Lipinski definition) is 1. The lowest BCUT2D eigenvalue weighted by Gasteiger charge is -2.15. The van der Waals surface area contributed by atoms with Gasteiger partial charge in [-0.2, -0.15) is 0 Å². The quantitative estimate of drug-likeness (QED) is 0.366. The number of carbonyl (C=O) groups is 2. The SMILES string of the molecule is O=CN(c1ncc(/C=C2\SC(=Nc3ccc4c(ccn4CCN4CCCC4)c3)NC2=O)s1)C1CC1. The first-order valence-electron chi connectivity index (χ1n) is 12.0. The number of fused-ring (bicyclic) bond motifs is 1. The van der Waals surface area contributed by atoms with Gasteiger partial charge in [0.2, 0.25) is 6.41 Å². The Morgan fingerprint density at radius 1 is 1.20 bits per heavy atom. The van der Waals surface area contributed by atoms with Crippen LogP contribution >= 0.6 is 23.1 Å². The number of amidine groups is 1. The van der Waals surface area contributed by atoms with Gasteiger partial charge in [0.1, 0.15) is 0 Å². The van der Waals surface area contributed by atoms with Crippen molar-refractivity contribution in [1.29, 1.82) is 0 Å². The van der Waals surface area contributed by atoms with E-state index in [9.17, 15) is 9.59 Å². The van der Waals surface area contributed by atoms with Crippen LogP contribution in [0.5, 0.6) is 0 Å². The van der Waals surface area contributed by atoms with Gasteiger partial charge in [-0.05, 0) is 80.9 Å². The number of aliphatic imine (C=N–C) groups is 1. The van der Waals surface area contributed by atoms with Gasteiger partial charge in [-0.25, -0.2) is 9.98 Å². The second-order valence-corrected chi connectivity index (χ2v) is 11.1. The topological polar surface area (TPSA) is 82.8 Å². The second kappa shape index (κ2) is 9.60. The van der Waals surface area contributed by atoms with E-state index in [0.717, 1.165) is 48.3 Å². The minimum absolute atomic E-state index is 0.174. The molecule has 2 aliphatic heterocycles. The Morgan fingerprint density at radius 2 is 2.06 bits per heavy atom. The summed E-state index contributed by atoms with van der Waals surface area (Å²) in [7, 11) is 0. The average Bonchev–Trinajstić information content (AvgIpc) is 3.22. The van der Waals surface area contributed by atoms with Gasteiger partial charge in [-0.3, -0.25) is 14.5 Å². The van der Waals surface area contributed by atoms with Crippen molar-refractivity contribution in [2.24, 2.45) is 4.99 Å². The van der Waals surface area contributed by atoms with Crippen LogP contribution in [-0.2, 0) is 16.1 Å². The molecule has 0 spiro atoms. The van der Waals surface area contributed by atoms with Gasteiger partial charge in [0.05, 0.1) is 15.5 Å². The molecule has 0 bridgehead atoms. The van der Waals surface area contributed by atoms with Crippen LogP contribution in [0.3, 0.4) is 0 Å². The monoisotopic (exact) mass is 506 g/mol. The first kappa shape index (κ1) is 22.5. The minimum atomic E-state index is -0.174. The van der Waals surface area contributed by atoms with Crippen molar-refractivity contribution in [3.8, 4) is 0 Å². The van der Waals surface area contributed by atoms with Crippen molar-refractivity contribution in [3.63, 3.8) is 0 Å². The highest BCUT2D eigenvalue weighted by atomic mass is 32.2. The highest BCUT2D eigenvalue weighted by Gasteiger charge is 2.31. The molecule has 35 heavy (non-hydrogen) atoms. The Kier molecular flexibility index (Phi) is 6.17. The van der Waals surface area contributed by atoms with Crippen molar-refractivity contribution in [1.82, 2.24) is 19.8 Å². The van der Waals surface area contributed by atoms with Crippen LogP contribution in [0.4, 0.5) is 10.8 Å². The molecular formula is C25H26N6O2S2. The maximum Gasteiger partial charge on any atom is 0.264 e. The zero-order valence-electron chi connectivity index (χ0n) is 19.2. The van der Waals surface area contributed by atoms with Gasteiger partial charge in [0, 0.05) is 42.4 Å². The molecule has 0 radical (unpaired) electrons. The summed E-state index contributed by atoms with van der Waals surface area (Å²) < 4.78 is 2.30. The van der Waals surface area contributed by atoms with Crippen molar-refractivity contribution in [2.75, 3.05) is 24.5 Å². The molecule has 1 saturated carbocycles. The molecule has 3 aliphatic rings. The Balaban J connectivity index is 1.14. The van der Waals surface area contributed by atoms with E-state index in [1.54, 1.807) is 11.1 Å². The summed E-state index contributed by atoms with van der Waals surface area (Å²) in [6.45, 7) is 4.49. The maximum atomic E-state index is 12.5. The van der Waals surface area contributed by atoms with E-state index in [1.165, 1.54) is 54.5 Å². The summed E-state index contributed by atoms with van der Waals surface area (Å²) >= 11 is 2.73. The molecule has 1 N–H and O–H groups in total. The van der Waals surface area contributed by atoms with Crippen LogP contribution in [0.25, 0.3) is 17.0 Å². The summed E-state index contributed by atoms with van der Waals surface area (Å²) in [4.78, 5) is 38.5. The average molecular weight is 507 g/mol. The molecule has 10 heteroatoms. The molecule has 3 fully saturated rings. The Labute approximate surface area is 211 Å². The summed E-state index contributed by atoms with van der Waals surface area (Å²) in [6.07, 6.45) is 11.2. The fourth-order valence-corrected chi connectivity index (χ4v) is 6.34. The number of aromatic nitrogens is 2. The molecule has 4 heterocycles. The van der Waals surface area contributed by atoms with E-state index in [4.69, 9.17) is 0 Å². The fourth-order valence-electron chi connectivity index (χ4n) is 4.54. The minimum Gasteiger partial charge on any atom is -0.346 e. The zero-order chi connectivity index (χ0) is 23.8. The van der Waals surface area contributed by atoms with Gasteiger partial charge < -0.3 is 14.8 Å². The highest BCUT2D eigenvalue weighted by Crippen LogP contribution is 2.35. The van der Waals surface area contributed by atoms with Gasteiger partial charge in [-0.1, -0.05) is 11.3 Å². The molecule has 3 aromatic rings. The highest BCUT2D eigenvalue weighted by molar-refractivity contribution is 8.18. The standard InChI is InChI=1S/C25H26N6O2S2/c32-16-31(19-4-5-19)25-26-15-20(34-25)14-22-23(33)28-24(35-22)27-18-3-6-21-17(13-18)7-10-30(21)12-11-29-8-1-2-9-29/h3,6-7,10,13-16,19H,1-2,4-5,8-9,11-12H2,(H,27,28,33)/b22-14-. The van der Waals surface area contributed by atoms with Crippen molar-refractivity contribution in [2.45, 2.75) is 38.3 Å². The molecule has 2 amide bonds. The van der Waals surface area contributed by atoms with Crippen LogP contribution in [0, 0.1) is 0 Å². The molecule has 1 aliphatic carbocycles. The first-order chi connectivity index (χ1) is 17.2. The van der Waals surface area contributed by atoms with Gasteiger partial charge in [-0.15, -0.1) is 0 Å². The lowest BCUT2D eigenvalue weighted by atomic mass is 10.2. The number of nitrogens with one attached hydrogen (secondary N) is 1. The molecule has 180 valence electrons. The van der Waals surface area contributed by atoms with E-state index < -0.39 is 0 Å². The van der Waals surface area contributed by atoms with Crippen molar-refractivity contribution >= 4 is 68.4 Å². The van der Waals surface area contributed by atoms with E-state index >= 15 is 0 Å². The van der Waals surface area contributed by atoms with Gasteiger partial charge in [0.15, 0.2) is 10.3 Å². The summed E-state index contributed by atoms with van der Waals surface area (Å²) in [5, 5.41) is 5.24. The number of amides is 2. The third-order valence-electron chi connectivity index (χ3n) is 6.55. The number of thiazole rings is 1. The number of benzene rings is 1. The molecular weight excluding hydrogens is 480 g/mol. The molecule has 1 aromatic carbocycles. The van der Waals surface area contributed by atoms with Crippen LogP contribution < -0.4 is 10.2 Å². The number of carbonyl (C=O) groups excluding carboxylic acids is 2. The molecule has 0 unspecified atom stereocenters. The molecule has 6 rings (SSSR count). The Morgan fingerprint density at radius 3 is 2.86 bits per heavy atom. The van der Waals surface area contributed by atoms with Gasteiger partial charge in [0.25, 0.3) is 5.91 Å². The largest absolute Gasteiger partial charge is 0.346 e. The third kappa shape index (κ3) is 4.91. The number of rotatable bonds is 8. The summed E-state index contributed by atoms with van der Waals surface area (Å²) in [6, 6.07) is 8.55. The number of thioether (sulfide) groups is 1. The smallest absolute Gasteiger partial charge is 0.264 e. The Bertz CT molecular complexity index is 1330. The van der Waals surface area contributed by atoms with Crippen LogP contribution in [0.2, 0.25) is 0 Å². The lowest BCUT2D eigenvalue weighted by Crippen LogP contribution is -2.23. The maximum absolute atomic E-state index is 12.5. The van der Waals surface area contributed by atoms with E-state index in [0.29, 0.717) is 15.2 Å². The van der Waals surface area contributed by atoms with Crippen molar-refractivity contribution < 1.29 is 9.59 Å². The number of likely N-dealkylation sites (tertiary alicyclic amines) is 1. The summed E-state index contributed by atoms with van der Waals surface area (Å²) in [5.74, 6) is -0.174. The van der Waals surface area contributed by atoms with E-state index in [2.05, 4.69) is 49.2 Å². The zero-order valence-corrected chi connectivity index (χ0v) is 20.9. The lowest BCUT2D eigenvalue weighted by molar-refractivity contribution is -0.115. The predicted molar refractivity (Wildman–Crippen MR) is 142 cm³/mol. The fraction of sp³-hybridized carbons (Fsp3) is 0.360. The molecule has 2 saturated heterocycles. The predicted octanol–water partition coefficient (Wildman–Crippen LogP) is 4.21. The number of nitrogens with zero attached hydrogens (tertiary/aromatic N) is 5. The number of anilines is 1. The van der Waals surface area contributed by atoms with E-state index in [-0.39, 0.29) is 11.9 Å². The molecule has 0 atom stereocenters. The van der Waals surface area contributed by atoms with E-state index in [1.807, 2.05) is 12.1 Å². The first-order valence-corrected chi connectivity index (χ1v) is 13.6. The third-order valence-corrected chi connectivity index (χ3v) is 8.42. The Hall–Kier alpha value is -2.95. The second-order valence-electron chi connectivity index (χ2n) is 9.07. The number of hydrogen-bond acceptors (Lipinski definition) is 7. The molecule has 8 nitrogen and oxygen atoms in total. The van der Waals surface area contributed by atoms with Crippen molar-refractivity contribution in [3.05, 3.63) is 46.4 Å². The van der Waals surface area contributed by atoms with Crippen LogP contribution in [-0.4, -0.2) is 57.6 Å². The molecule has 2 aromatic heterocycles. The normalized spacial score (nSPS) is 20.9. The van der Waals surface area contributed by atoms with Crippen LogP contribution in [0.15, 0.2) is 46.6 Å². The van der Waals surface area contributed by atoms with Gasteiger partial charge >= 0.3 is 0 Å². The summed E-state index contributed by atoms with van der Waals surface area (Å²) in [5.41, 5.74) is 2.01.